The highest BCUT2D eigenvalue weighted by Gasteiger charge is 2.06. The van der Waals surface area contributed by atoms with Crippen LogP contribution in [0.1, 0.15) is 6.92 Å². The van der Waals surface area contributed by atoms with E-state index in [2.05, 4.69) is 11.9 Å². The van der Waals surface area contributed by atoms with Crippen LogP contribution in [0.4, 0.5) is 0 Å². The van der Waals surface area contributed by atoms with Crippen LogP contribution in [0.15, 0.2) is 4.99 Å². The molecule has 1 atom stereocenters. The number of aliphatic imine (C=N–C) groups is 1. The van der Waals surface area contributed by atoms with Crippen LogP contribution in [0.5, 0.6) is 0 Å². The van der Waals surface area contributed by atoms with Gasteiger partial charge in [0.15, 0.2) is 12.9 Å². The lowest BCUT2D eigenvalue weighted by molar-refractivity contribution is -0.124. The molecule has 0 amide bonds. The minimum atomic E-state index is -0.379. The maximum Gasteiger partial charge on any atom is 0.187 e. The van der Waals surface area contributed by atoms with Crippen LogP contribution in [0.2, 0.25) is 0 Å². The lowest BCUT2D eigenvalue weighted by atomic mass is 10.6. The van der Waals surface area contributed by atoms with E-state index >= 15 is 0 Å². The van der Waals surface area contributed by atoms with Crippen molar-refractivity contribution in [3.63, 3.8) is 0 Å². The van der Waals surface area contributed by atoms with Crippen LogP contribution < -0.4 is 0 Å². The molecule has 0 saturated carbocycles. The van der Waals surface area contributed by atoms with Gasteiger partial charge in [0.1, 0.15) is 6.54 Å². The van der Waals surface area contributed by atoms with Crippen molar-refractivity contribution in [1.82, 2.24) is 0 Å². The van der Waals surface area contributed by atoms with Gasteiger partial charge in [-0.1, -0.05) is 0 Å². The molecule has 0 rings (SSSR count). The smallest absolute Gasteiger partial charge is 0.187 e. The van der Waals surface area contributed by atoms with Gasteiger partial charge in [0, 0.05) is 6.61 Å². The minimum Gasteiger partial charge on any atom is -0.351 e. The van der Waals surface area contributed by atoms with Gasteiger partial charge in [-0.25, -0.2) is 10.4 Å². The third kappa shape index (κ3) is 5.61. The Bertz CT molecular complexity index is 126. The van der Waals surface area contributed by atoms with E-state index in [0.29, 0.717) is 19.8 Å². The summed E-state index contributed by atoms with van der Waals surface area (Å²) in [4.78, 5) is 3.55. The largest absolute Gasteiger partial charge is 0.351 e. The normalized spacial score (nSPS) is 12.1. The fourth-order valence-corrected chi connectivity index (χ4v) is 0.591. The second-order valence-corrected chi connectivity index (χ2v) is 1.71. The first kappa shape index (κ1) is 10.2. The van der Waals surface area contributed by atoms with Crippen molar-refractivity contribution in [2.75, 3.05) is 19.8 Å². The molecule has 0 aliphatic carbocycles. The first-order valence-corrected chi connectivity index (χ1v) is 3.45. The first-order valence-electron chi connectivity index (χ1n) is 3.45. The summed E-state index contributed by atoms with van der Waals surface area (Å²) in [5.41, 5.74) is 0. The summed E-state index contributed by atoms with van der Waals surface area (Å²) in [7, 11) is 0. The van der Waals surface area contributed by atoms with Crippen molar-refractivity contribution in [3.05, 3.63) is 6.92 Å². The van der Waals surface area contributed by atoms with E-state index in [1.165, 1.54) is 0 Å². The van der Waals surface area contributed by atoms with Crippen molar-refractivity contribution < 1.29 is 9.47 Å². The highest BCUT2D eigenvalue weighted by atomic mass is 16.7. The topological polar surface area (TPSA) is 54.7 Å². The molecule has 0 spiro atoms. The maximum absolute atomic E-state index is 6.52. The first-order chi connectivity index (χ1) is 5.35. The average Bonchev–Trinajstić information content (AvgIpc) is 2.01. The van der Waals surface area contributed by atoms with Gasteiger partial charge in [-0.05, 0) is 6.92 Å². The molecule has 0 fully saturated rings. The summed E-state index contributed by atoms with van der Waals surface area (Å²) < 4.78 is 10.1. The molecule has 0 aromatic rings. The standard InChI is InChI=1S/C7H13N2O2/c1-3-10-7(11-4-2)5-9-6-8/h7-8H,1,3-5H2,2H3/q+1. The van der Waals surface area contributed by atoms with Crippen molar-refractivity contribution in [2.24, 2.45) is 4.99 Å². The Morgan fingerprint density at radius 2 is 2.36 bits per heavy atom. The lowest BCUT2D eigenvalue weighted by Gasteiger charge is -2.11. The molecule has 62 valence electrons. The van der Waals surface area contributed by atoms with Crippen molar-refractivity contribution in [3.8, 4) is 0 Å². The van der Waals surface area contributed by atoms with E-state index in [1.807, 2.05) is 12.9 Å². The van der Waals surface area contributed by atoms with Gasteiger partial charge < -0.3 is 9.47 Å². The maximum atomic E-state index is 6.52. The summed E-state index contributed by atoms with van der Waals surface area (Å²) in [6, 6.07) is 1.91. The van der Waals surface area contributed by atoms with E-state index in [9.17, 15) is 0 Å². The van der Waals surface area contributed by atoms with E-state index in [0.717, 1.165) is 0 Å². The van der Waals surface area contributed by atoms with Crippen molar-refractivity contribution >= 4 is 6.01 Å². The summed E-state index contributed by atoms with van der Waals surface area (Å²) in [6.45, 7) is 6.60. The minimum absolute atomic E-state index is 0.312. The molecule has 1 N–H and O–H groups in total. The van der Waals surface area contributed by atoms with Crippen molar-refractivity contribution in [2.45, 2.75) is 13.2 Å². The van der Waals surface area contributed by atoms with Crippen LogP contribution in [0.25, 0.3) is 0 Å². The third-order valence-electron chi connectivity index (χ3n) is 0.976. The molecule has 11 heavy (non-hydrogen) atoms. The van der Waals surface area contributed by atoms with E-state index in [4.69, 9.17) is 14.9 Å². The highest BCUT2D eigenvalue weighted by molar-refractivity contribution is 5.35. The zero-order valence-corrected chi connectivity index (χ0v) is 6.67. The van der Waals surface area contributed by atoms with Gasteiger partial charge in [-0.15, -0.1) is 0 Å². The van der Waals surface area contributed by atoms with E-state index in [1.54, 1.807) is 0 Å². The Labute approximate surface area is 66.7 Å². The molecule has 4 nitrogen and oxygen atoms in total. The SMILES string of the molecule is [CH2+]COC(CN=C=N)OCC. The molecule has 0 radical (unpaired) electrons. The summed E-state index contributed by atoms with van der Waals surface area (Å²) in [5, 5.41) is 6.52. The van der Waals surface area contributed by atoms with Crippen LogP contribution in [0.3, 0.4) is 0 Å². The van der Waals surface area contributed by atoms with Crippen LogP contribution in [-0.4, -0.2) is 32.1 Å². The number of nitrogens with zero attached hydrogens (tertiary/aromatic N) is 1. The molecule has 0 aromatic heterocycles. The van der Waals surface area contributed by atoms with Gasteiger partial charge >= 0.3 is 0 Å². The molecule has 4 heteroatoms. The Kier molecular flexibility index (Phi) is 6.73. The second-order valence-electron chi connectivity index (χ2n) is 1.71. The number of hydrogen-bond donors (Lipinski definition) is 1. The zero-order chi connectivity index (χ0) is 8.53. The molecule has 0 aliphatic rings. The molecular weight excluding hydrogens is 144 g/mol. The van der Waals surface area contributed by atoms with Gasteiger partial charge in [0.2, 0.25) is 0 Å². The number of hydrogen-bond acceptors (Lipinski definition) is 4. The Morgan fingerprint density at radius 1 is 1.64 bits per heavy atom. The summed E-state index contributed by atoms with van der Waals surface area (Å²) >= 11 is 0. The summed E-state index contributed by atoms with van der Waals surface area (Å²) in [6.07, 6.45) is -0.379. The van der Waals surface area contributed by atoms with Gasteiger partial charge in [-0.3, -0.25) is 0 Å². The number of ether oxygens (including phenoxy) is 2. The van der Waals surface area contributed by atoms with Gasteiger partial charge in [0.25, 0.3) is 0 Å². The van der Waals surface area contributed by atoms with Crippen LogP contribution in [-0.2, 0) is 9.47 Å². The van der Waals surface area contributed by atoms with Crippen LogP contribution in [0, 0.1) is 12.3 Å². The second kappa shape index (κ2) is 7.28. The quantitative estimate of drug-likeness (QED) is 0.354. The molecular formula is C7H13N2O2+. The average molecular weight is 157 g/mol. The Balaban J connectivity index is 3.58. The van der Waals surface area contributed by atoms with Crippen LogP contribution >= 0.6 is 0 Å². The molecule has 0 aromatic carbocycles. The number of nitrogens with one attached hydrogen (secondary N) is 1. The fourth-order valence-electron chi connectivity index (χ4n) is 0.591. The molecule has 0 heterocycles. The fraction of sp³-hybridized carbons (Fsp3) is 0.714. The molecule has 0 saturated heterocycles. The predicted octanol–water partition coefficient (Wildman–Crippen LogP) is 0.952. The highest BCUT2D eigenvalue weighted by Crippen LogP contribution is 1.94. The number of rotatable bonds is 6. The molecule has 0 bridgehead atoms. The monoisotopic (exact) mass is 157 g/mol. The zero-order valence-electron chi connectivity index (χ0n) is 6.67. The Morgan fingerprint density at radius 3 is 2.82 bits per heavy atom. The molecule has 0 aliphatic heterocycles. The van der Waals surface area contributed by atoms with E-state index < -0.39 is 0 Å². The van der Waals surface area contributed by atoms with Gasteiger partial charge in [-0.2, -0.15) is 0 Å². The lowest BCUT2D eigenvalue weighted by Crippen LogP contribution is -2.20. The molecule has 1 unspecified atom stereocenters. The van der Waals surface area contributed by atoms with Crippen molar-refractivity contribution in [1.29, 1.82) is 5.41 Å². The summed E-state index contributed by atoms with van der Waals surface area (Å²) in [5.74, 6) is 0. The predicted molar refractivity (Wildman–Crippen MR) is 41.7 cm³/mol. The Hall–Kier alpha value is -0.830. The van der Waals surface area contributed by atoms with Gasteiger partial charge in [0.05, 0.1) is 12.9 Å². The van der Waals surface area contributed by atoms with E-state index in [-0.39, 0.29) is 6.29 Å². The third-order valence-corrected chi connectivity index (χ3v) is 0.976.